The Hall–Kier alpha value is -3.19. The molecule has 2 heterocycles. The lowest BCUT2D eigenvalue weighted by molar-refractivity contribution is -0.156. The molecule has 4 atom stereocenters. The molecule has 2 aliphatic rings. The second-order valence-corrected chi connectivity index (χ2v) is 8.22. The zero-order valence-electron chi connectivity index (χ0n) is 17.1. The van der Waals surface area contributed by atoms with Crippen molar-refractivity contribution in [2.45, 2.75) is 56.3 Å². The fraction of sp³-hybridized carbons (Fsp3) is 0.375. The van der Waals surface area contributed by atoms with E-state index in [1.165, 1.54) is 4.90 Å². The lowest BCUT2D eigenvalue weighted by Gasteiger charge is -2.40. The molecular formula is C24H26N2O5. The maximum Gasteiger partial charge on any atom is 0.326 e. The molecule has 0 radical (unpaired) electrons. The Morgan fingerprint density at radius 3 is 2.52 bits per heavy atom. The van der Waals surface area contributed by atoms with Crippen LogP contribution in [-0.2, 0) is 27.2 Å². The lowest BCUT2D eigenvalue weighted by atomic mass is 9.89. The van der Waals surface area contributed by atoms with Gasteiger partial charge in [0.05, 0.1) is 6.04 Å². The van der Waals surface area contributed by atoms with E-state index in [4.69, 9.17) is 0 Å². The van der Waals surface area contributed by atoms with Gasteiger partial charge in [0.15, 0.2) is 0 Å². The second-order valence-electron chi connectivity index (χ2n) is 8.22. The monoisotopic (exact) mass is 422 g/mol. The van der Waals surface area contributed by atoms with E-state index >= 15 is 0 Å². The number of carboxylic acid groups (broad SMARTS) is 1. The molecule has 2 aliphatic heterocycles. The van der Waals surface area contributed by atoms with Crippen LogP contribution >= 0.6 is 0 Å². The van der Waals surface area contributed by atoms with E-state index in [2.05, 4.69) is 5.32 Å². The van der Waals surface area contributed by atoms with Crippen LogP contribution in [0.2, 0.25) is 0 Å². The van der Waals surface area contributed by atoms with Gasteiger partial charge in [0, 0.05) is 12.8 Å². The first-order chi connectivity index (χ1) is 15.0. The highest BCUT2D eigenvalue weighted by molar-refractivity contribution is 5.92. The average Bonchev–Trinajstić information content (AvgIpc) is 2.89. The first-order valence-electron chi connectivity index (χ1n) is 10.6. The molecular weight excluding hydrogens is 396 g/mol. The van der Waals surface area contributed by atoms with E-state index < -0.39 is 36.0 Å². The Morgan fingerprint density at radius 2 is 1.77 bits per heavy atom. The van der Waals surface area contributed by atoms with Gasteiger partial charge in [0.2, 0.25) is 11.8 Å². The standard InChI is InChI=1S/C24H26N2O5/c27-21(13-15-7-2-1-3-8-15)22(28)25-18-14-16-9-4-5-10-17(16)19-11-6-12-20(24(30)31)26(19)23(18)29/h1-5,7-10,18-21,27H,6,11-14H2,(H,25,28)(H,30,31)/t18?,19?,20?,21-/m1/s1. The molecule has 0 bridgehead atoms. The van der Waals surface area contributed by atoms with Crippen molar-refractivity contribution in [2.24, 2.45) is 0 Å². The zero-order chi connectivity index (χ0) is 22.0. The molecule has 0 spiro atoms. The molecule has 162 valence electrons. The Morgan fingerprint density at radius 1 is 1.06 bits per heavy atom. The smallest absolute Gasteiger partial charge is 0.326 e. The summed E-state index contributed by atoms with van der Waals surface area (Å²) in [6.45, 7) is 0. The van der Waals surface area contributed by atoms with E-state index in [0.717, 1.165) is 16.7 Å². The van der Waals surface area contributed by atoms with Crippen molar-refractivity contribution in [1.82, 2.24) is 10.2 Å². The summed E-state index contributed by atoms with van der Waals surface area (Å²) in [7, 11) is 0. The molecule has 7 heteroatoms. The fourth-order valence-corrected chi connectivity index (χ4v) is 4.70. The number of aliphatic carboxylic acids is 1. The highest BCUT2D eigenvalue weighted by atomic mass is 16.4. The number of aliphatic hydroxyl groups excluding tert-OH is 1. The van der Waals surface area contributed by atoms with E-state index in [1.807, 2.05) is 54.6 Å². The number of piperidine rings is 1. The number of nitrogens with one attached hydrogen (secondary N) is 1. The van der Waals surface area contributed by atoms with Crippen LogP contribution in [-0.4, -0.2) is 51.1 Å². The van der Waals surface area contributed by atoms with Crippen LogP contribution in [0, 0.1) is 0 Å². The van der Waals surface area contributed by atoms with E-state index in [-0.39, 0.29) is 18.9 Å². The number of amides is 2. The largest absolute Gasteiger partial charge is 0.480 e. The van der Waals surface area contributed by atoms with Gasteiger partial charge in [-0.25, -0.2) is 4.79 Å². The van der Waals surface area contributed by atoms with Gasteiger partial charge in [-0.05, 0) is 36.0 Å². The highest BCUT2D eigenvalue weighted by Gasteiger charge is 2.44. The van der Waals surface area contributed by atoms with Crippen molar-refractivity contribution < 1.29 is 24.6 Å². The minimum absolute atomic E-state index is 0.133. The highest BCUT2D eigenvalue weighted by Crippen LogP contribution is 2.39. The molecule has 1 saturated heterocycles. The predicted molar refractivity (Wildman–Crippen MR) is 113 cm³/mol. The predicted octanol–water partition coefficient (Wildman–Crippen LogP) is 1.84. The maximum atomic E-state index is 13.4. The number of benzene rings is 2. The first-order valence-corrected chi connectivity index (χ1v) is 10.6. The normalized spacial score (nSPS) is 23.8. The van der Waals surface area contributed by atoms with Crippen molar-refractivity contribution in [3.05, 3.63) is 71.3 Å². The summed E-state index contributed by atoms with van der Waals surface area (Å²) in [5, 5.41) is 22.8. The molecule has 0 aromatic heterocycles. The second kappa shape index (κ2) is 8.89. The number of fused-ring (bicyclic) bond motifs is 3. The molecule has 2 aromatic carbocycles. The lowest BCUT2D eigenvalue weighted by Crippen LogP contribution is -2.56. The van der Waals surface area contributed by atoms with Gasteiger partial charge in [-0.3, -0.25) is 9.59 Å². The molecule has 7 nitrogen and oxygen atoms in total. The van der Waals surface area contributed by atoms with Gasteiger partial charge in [0.1, 0.15) is 18.2 Å². The molecule has 2 aromatic rings. The SMILES string of the molecule is O=C(O)C1CCCC2c3ccccc3CC(NC(=O)[C@H](O)Cc3ccccc3)C(=O)N12. The fourth-order valence-electron chi connectivity index (χ4n) is 4.70. The van der Waals surface area contributed by atoms with Crippen LogP contribution < -0.4 is 5.32 Å². The van der Waals surface area contributed by atoms with Crippen LogP contribution in [0.5, 0.6) is 0 Å². The van der Waals surface area contributed by atoms with Crippen LogP contribution in [0.25, 0.3) is 0 Å². The summed E-state index contributed by atoms with van der Waals surface area (Å²) >= 11 is 0. The maximum absolute atomic E-state index is 13.4. The molecule has 0 saturated carbocycles. The molecule has 2 amide bonds. The van der Waals surface area contributed by atoms with E-state index in [9.17, 15) is 24.6 Å². The number of nitrogens with zero attached hydrogens (tertiary/aromatic N) is 1. The number of hydrogen-bond donors (Lipinski definition) is 3. The molecule has 3 unspecified atom stereocenters. The summed E-state index contributed by atoms with van der Waals surface area (Å²) in [6, 6.07) is 14.6. The quantitative estimate of drug-likeness (QED) is 0.682. The van der Waals surface area contributed by atoms with Crippen molar-refractivity contribution in [3.63, 3.8) is 0 Å². The Labute approximate surface area is 180 Å². The van der Waals surface area contributed by atoms with Crippen LogP contribution in [0.4, 0.5) is 0 Å². The molecule has 3 N–H and O–H groups in total. The number of rotatable bonds is 5. The molecule has 4 rings (SSSR count). The molecule has 1 fully saturated rings. The van der Waals surface area contributed by atoms with Gasteiger partial charge < -0.3 is 20.4 Å². The minimum atomic E-state index is -1.30. The zero-order valence-corrected chi connectivity index (χ0v) is 17.1. The topological polar surface area (TPSA) is 107 Å². The van der Waals surface area contributed by atoms with Crippen molar-refractivity contribution in [1.29, 1.82) is 0 Å². The van der Waals surface area contributed by atoms with E-state index in [1.54, 1.807) is 0 Å². The number of carboxylic acids is 1. The molecule has 31 heavy (non-hydrogen) atoms. The van der Waals surface area contributed by atoms with Crippen molar-refractivity contribution in [2.75, 3.05) is 0 Å². The third-order valence-electron chi connectivity index (χ3n) is 6.19. The summed E-state index contributed by atoms with van der Waals surface area (Å²) in [5.74, 6) is -2.08. The summed E-state index contributed by atoms with van der Waals surface area (Å²) < 4.78 is 0. The summed E-state index contributed by atoms with van der Waals surface area (Å²) in [6.07, 6.45) is 0.876. The van der Waals surface area contributed by atoms with Crippen LogP contribution in [0.15, 0.2) is 54.6 Å². The summed E-state index contributed by atoms with van der Waals surface area (Å²) in [4.78, 5) is 39.5. The third kappa shape index (κ3) is 4.32. The van der Waals surface area contributed by atoms with E-state index in [0.29, 0.717) is 19.3 Å². The van der Waals surface area contributed by atoms with Gasteiger partial charge >= 0.3 is 5.97 Å². The number of carbonyl (C=O) groups is 3. The van der Waals surface area contributed by atoms with Gasteiger partial charge in [-0.15, -0.1) is 0 Å². The first kappa shape index (κ1) is 21.1. The van der Waals surface area contributed by atoms with Gasteiger partial charge in [-0.2, -0.15) is 0 Å². The Balaban J connectivity index is 1.59. The van der Waals surface area contributed by atoms with Gasteiger partial charge in [-0.1, -0.05) is 54.6 Å². The van der Waals surface area contributed by atoms with Gasteiger partial charge in [0.25, 0.3) is 0 Å². The average molecular weight is 422 g/mol. The number of hydrogen-bond acceptors (Lipinski definition) is 4. The Bertz CT molecular complexity index is 977. The van der Waals surface area contributed by atoms with Crippen LogP contribution in [0.3, 0.4) is 0 Å². The van der Waals surface area contributed by atoms with Crippen LogP contribution in [0.1, 0.15) is 42.0 Å². The number of aliphatic hydroxyl groups is 1. The third-order valence-corrected chi connectivity index (χ3v) is 6.19. The van der Waals surface area contributed by atoms with Crippen molar-refractivity contribution >= 4 is 17.8 Å². The number of carbonyl (C=O) groups excluding carboxylic acids is 2. The Kier molecular flexibility index (Phi) is 6.04. The molecule has 0 aliphatic carbocycles. The summed E-state index contributed by atoms with van der Waals surface area (Å²) in [5.41, 5.74) is 2.66. The van der Waals surface area contributed by atoms with Crippen molar-refractivity contribution in [3.8, 4) is 0 Å². The minimum Gasteiger partial charge on any atom is -0.480 e.